The molecule has 2 unspecified atom stereocenters. The van der Waals surface area contributed by atoms with Crippen LogP contribution < -0.4 is 0 Å². The molecule has 0 radical (unpaired) electrons. The number of aryl methyl sites for hydroxylation is 1. The van der Waals surface area contributed by atoms with Crippen molar-refractivity contribution in [2.45, 2.75) is 37.9 Å². The fraction of sp³-hybridized carbons (Fsp3) is 0.353. The van der Waals surface area contributed by atoms with Gasteiger partial charge < -0.3 is 14.9 Å². The third-order valence-corrected chi connectivity index (χ3v) is 3.94. The zero-order valence-corrected chi connectivity index (χ0v) is 11.7. The Bertz CT molecular complexity index is 660. The summed E-state index contributed by atoms with van der Waals surface area (Å²) in [5.74, 6) is -0.0664. The van der Waals surface area contributed by atoms with E-state index in [1.54, 1.807) is 6.07 Å². The van der Waals surface area contributed by atoms with Gasteiger partial charge in [-0.25, -0.2) is 0 Å². The van der Waals surface area contributed by atoms with E-state index in [1.165, 1.54) is 0 Å². The van der Waals surface area contributed by atoms with Crippen LogP contribution in [0, 0.1) is 0 Å². The summed E-state index contributed by atoms with van der Waals surface area (Å²) in [6, 6.07) is 11.4. The Morgan fingerprint density at radius 3 is 2.71 bits per heavy atom. The highest BCUT2D eigenvalue weighted by molar-refractivity contribution is 5.91. The van der Waals surface area contributed by atoms with Crippen molar-refractivity contribution in [3.05, 3.63) is 42.0 Å². The standard InChI is InChI=1S/C17H18O4/c18-13-9-14(21-16(20)10-13)8-7-12-4-1-3-11-5-2-6-15(19)17(11)12/h1-6,13-14,18-19H,7-10H2. The van der Waals surface area contributed by atoms with Crippen LogP contribution in [-0.2, 0) is 16.0 Å². The predicted molar refractivity (Wildman–Crippen MR) is 79.1 cm³/mol. The van der Waals surface area contributed by atoms with Gasteiger partial charge in [0.05, 0.1) is 12.5 Å². The van der Waals surface area contributed by atoms with Gasteiger partial charge in [-0.1, -0.05) is 30.3 Å². The van der Waals surface area contributed by atoms with Crippen molar-refractivity contribution < 1.29 is 19.7 Å². The molecule has 110 valence electrons. The van der Waals surface area contributed by atoms with E-state index >= 15 is 0 Å². The molecule has 1 aliphatic rings. The maximum Gasteiger partial charge on any atom is 0.308 e. The second-order valence-corrected chi connectivity index (χ2v) is 5.54. The maximum atomic E-state index is 11.3. The Morgan fingerprint density at radius 2 is 1.95 bits per heavy atom. The van der Waals surface area contributed by atoms with Crippen LogP contribution in [0.3, 0.4) is 0 Å². The molecule has 3 rings (SSSR count). The summed E-state index contributed by atoms with van der Waals surface area (Å²) < 4.78 is 5.26. The first kappa shape index (κ1) is 13.9. The highest BCUT2D eigenvalue weighted by Gasteiger charge is 2.26. The minimum atomic E-state index is -0.600. The quantitative estimate of drug-likeness (QED) is 0.851. The summed E-state index contributed by atoms with van der Waals surface area (Å²) in [5.41, 5.74) is 1.03. The molecule has 2 aromatic rings. The number of benzene rings is 2. The second kappa shape index (κ2) is 5.74. The summed E-state index contributed by atoms with van der Waals surface area (Å²) in [7, 11) is 0. The smallest absolute Gasteiger partial charge is 0.308 e. The van der Waals surface area contributed by atoms with Crippen molar-refractivity contribution in [3.8, 4) is 5.75 Å². The monoisotopic (exact) mass is 286 g/mol. The number of carbonyl (C=O) groups excluding carboxylic acids is 1. The first-order valence-electron chi connectivity index (χ1n) is 7.20. The lowest BCUT2D eigenvalue weighted by atomic mass is 9.96. The molecule has 0 aromatic heterocycles. The lowest BCUT2D eigenvalue weighted by Gasteiger charge is -2.26. The maximum absolute atomic E-state index is 11.3. The molecule has 2 aromatic carbocycles. The number of hydrogen-bond donors (Lipinski definition) is 2. The number of fused-ring (bicyclic) bond motifs is 1. The highest BCUT2D eigenvalue weighted by atomic mass is 16.5. The fourth-order valence-corrected chi connectivity index (χ4v) is 2.96. The molecule has 1 fully saturated rings. The van der Waals surface area contributed by atoms with Gasteiger partial charge in [0, 0.05) is 11.8 Å². The molecule has 0 saturated carbocycles. The van der Waals surface area contributed by atoms with Gasteiger partial charge in [0.2, 0.25) is 0 Å². The van der Waals surface area contributed by atoms with Crippen molar-refractivity contribution in [1.29, 1.82) is 0 Å². The fourth-order valence-electron chi connectivity index (χ4n) is 2.96. The van der Waals surface area contributed by atoms with Gasteiger partial charge in [0.15, 0.2) is 0 Å². The van der Waals surface area contributed by atoms with Gasteiger partial charge >= 0.3 is 5.97 Å². The SMILES string of the molecule is O=C1CC(O)CC(CCc2cccc3cccc(O)c23)O1. The van der Waals surface area contributed by atoms with Gasteiger partial charge in [-0.3, -0.25) is 4.79 Å². The predicted octanol–water partition coefficient (Wildman–Crippen LogP) is 2.54. The molecule has 0 spiro atoms. The van der Waals surface area contributed by atoms with Crippen molar-refractivity contribution in [3.63, 3.8) is 0 Å². The number of ether oxygens (including phenoxy) is 1. The Hall–Kier alpha value is -2.07. The third-order valence-electron chi connectivity index (χ3n) is 3.94. The normalized spacial score (nSPS) is 22.2. The third kappa shape index (κ3) is 3.00. The van der Waals surface area contributed by atoms with Gasteiger partial charge in [0.25, 0.3) is 0 Å². The summed E-state index contributed by atoms with van der Waals surface area (Å²) in [6.45, 7) is 0. The van der Waals surface area contributed by atoms with Crippen LogP contribution >= 0.6 is 0 Å². The molecule has 4 heteroatoms. The van der Waals surface area contributed by atoms with Crippen molar-refractivity contribution in [1.82, 2.24) is 0 Å². The number of esters is 1. The largest absolute Gasteiger partial charge is 0.507 e. The molecule has 0 bridgehead atoms. The zero-order chi connectivity index (χ0) is 14.8. The van der Waals surface area contributed by atoms with E-state index in [2.05, 4.69) is 0 Å². The minimum absolute atomic E-state index is 0.0888. The molecule has 1 heterocycles. The van der Waals surface area contributed by atoms with E-state index in [0.29, 0.717) is 19.3 Å². The Labute approximate surface area is 123 Å². The number of cyclic esters (lactones) is 1. The minimum Gasteiger partial charge on any atom is -0.507 e. The van der Waals surface area contributed by atoms with E-state index in [1.807, 2.05) is 30.3 Å². The van der Waals surface area contributed by atoms with E-state index in [0.717, 1.165) is 16.3 Å². The molecule has 4 nitrogen and oxygen atoms in total. The van der Waals surface area contributed by atoms with Crippen molar-refractivity contribution >= 4 is 16.7 Å². The molecule has 2 N–H and O–H groups in total. The summed E-state index contributed by atoms with van der Waals surface area (Å²) in [5, 5.41) is 21.5. The van der Waals surface area contributed by atoms with Crippen LogP contribution in [0.1, 0.15) is 24.8 Å². The average Bonchev–Trinajstić information content (AvgIpc) is 2.44. The van der Waals surface area contributed by atoms with Gasteiger partial charge in [-0.15, -0.1) is 0 Å². The number of aromatic hydroxyl groups is 1. The lowest BCUT2D eigenvalue weighted by Crippen LogP contribution is -2.32. The number of phenolic OH excluding ortho intramolecular Hbond substituents is 1. The number of carbonyl (C=O) groups is 1. The summed E-state index contributed by atoms with van der Waals surface area (Å²) in [4.78, 5) is 11.3. The number of aliphatic hydroxyl groups is 1. The van der Waals surface area contributed by atoms with Crippen LogP contribution in [0.5, 0.6) is 5.75 Å². The van der Waals surface area contributed by atoms with Crippen molar-refractivity contribution in [2.75, 3.05) is 0 Å². The van der Waals surface area contributed by atoms with Crippen LogP contribution in [0.15, 0.2) is 36.4 Å². The van der Waals surface area contributed by atoms with Crippen LogP contribution in [-0.4, -0.2) is 28.4 Å². The molecule has 1 saturated heterocycles. The summed E-state index contributed by atoms with van der Waals surface area (Å²) >= 11 is 0. The molecule has 1 aliphatic heterocycles. The molecular formula is C17H18O4. The molecule has 2 atom stereocenters. The van der Waals surface area contributed by atoms with Crippen LogP contribution in [0.4, 0.5) is 0 Å². The van der Waals surface area contributed by atoms with Crippen molar-refractivity contribution in [2.24, 2.45) is 0 Å². The molecule has 21 heavy (non-hydrogen) atoms. The lowest BCUT2D eigenvalue weighted by molar-refractivity contribution is -0.160. The first-order chi connectivity index (χ1) is 10.1. The van der Waals surface area contributed by atoms with Gasteiger partial charge in [-0.05, 0) is 29.9 Å². The van der Waals surface area contributed by atoms with Crippen LogP contribution in [0.2, 0.25) is 0 Å². The Morgan fingerprint density at radius 1 is 1.19 bits per heavy atom. The Kier molecular flexibility index (Phi) is 3.80. The van der Waals surface area contributed by atoms with E-state index in [4.69, 9.17) is 4.74 Å². The number of aliphatic hydroxyl groups excluding tert-OH is 1. The van der Waals surface area contributed by atoms with E-state index < -0.39 is 6.10 Å². The summed E-state index contributed by atoms with van der Waals surface area (Å²) in [6.07, 6.45) is 1.07. The van der Waals surface area contributed by atoms with Gasteiger partial charge in [-0.2, -0.15) is 0 Å². The second-order valence-electron chi connectivity index (χ2n) is 5.54. The van der Waals surface area contributed by atoms with Crippen LogP contribution in [0.25, 0.3) is 10.8 Å². The van der Waals surface area contributed by atoms with E-state index in [-0.39, 0.29) is 24.2 Å². The zero-order valence-electron chi connectivity index (χ0n) is 11.7. The average molecular weight is 286 g/mol. The number of rotatable bonds is 3. The molecule has 0 aliphatic carbocycles. The highest BCUT2D eigenvalue weighted by Crippen LogP contribution is 2.29. The Balaban J connectivity index is 1.78. The number of phenols is 1. The molecule has 0 amide bonds. The van der Waals surface area contributed by atoms with Gasteiger partial charge in [0.1, 0.15) is 11.9 Å². The molecular weight excluding hydrogens is 268 g/mol. The number of hydrogen-bond acceptors (Lipinski definition) is 4. The van der Waals surface area contributed by atoms with E-state index in [9.17, 15) is 15.0 Å². The first-order valence-corrected chi connectivity index (χ1v) is 7.20. The topological polar surface area (TPSA) is 66.8 Å².